The summed E-state index contributed by atoms with van der Waals surface area (Å²) in [7, 11) is 1.51. The Bertz CT molecular complexity index is 999. The second-order valence-corrected chi connectivity index (χ2v) is 7.53. The van der Waals surface area contributed by atoms with E-state index in [1.165, 1.54) is 18.4 Å². The van der Waals surface area contributed by atoms with E-state index < -0.39 is 12.3 Å². The third kappa shape index (κ3) is 6.24. The average molecular weight is 446 g/mol. The molecule has 1 atom stereocenters. The lowest BCUT2D eigenvalue weighted by Crippen LogP contribution is -2.39. The molecule has 0 aliphatic carbocycles. The molecule has 30 heavy (non-hydrogen) atoms. The second kappa shape index (κ2) is 10.7. The first-order valence-electron chi connectivity index (χ1n) is 9.09. The van der Waals surface area contributed by atoms with E-state index in [2.05, 4.69) is 26.1 Å². The Labute approximate surface area is 182 Å². The van der Waals surface area contributed by atoms with E-state index in [1.807, 2.05) is 48.5 Å². The maximum absolute atomic E-state index is 12.3. The maximum atomic E-state index is 12.3. The number of amides is 2. The number of nitrogens with one attached hydrogen (secondary N) is 3. The van der Waals surface area contributed by atoms with Gasteiger partial charge in [0.1, 0.15) is 5.01 Å². The van der Waals surface area contributed by atoms with Gasteiger partial charge in [-0.3, -0.25) is 15.4 Å². The van der Waals surface area contributed by atoms with Crippen LogP contribution < -0.4 is 16.0 Å². The molecule has 0 bridgehead atoms. The topological polar surface area (TPSA) is 105 Å². The fraction of sp³-hybridized carbons (Fsp3) is 0.200. The molecule has 10 heteroatoms. The highest BCUT2D eigenvalue weighted by atomic mass is 35.5. The predicted molar refractivity (Wildman–Crippen MR) is 116 cm³/mol. The Hall–Kier alpha value is -3.01. The molecule has 1 aromatic heterocycles. The van der Waals surface area contributed by atoms with Crippen LogP contribution >= 0.6 is 22.9 Å². The molecule has 0 aliphatic rings. The minimum absolute atomic E-state index is 0.0558. The highest BCUT2D eigenvalue weighted by Crippen LogP contribution is 2.26. The molecule has 0 aliphatic heterocycles. The van der Waals surface area contributed by atoms with Gasteiger partial charge in [-0.2, -0.15) is 0 Å². The Morgan fingerprint density at radius 3 is 2.57 bits per heavy atom. The number of anilines is 1. The van der Waals surface area contributed by atoms with E-state index >= 15 is 0 Å². The monoisotopic (exact) mass is 445 g/mol. The lowest BCUT2D eigenvalue weighted by molar-refractivity contribution is -0.122. The number of nitrogens with zero attached hydrogens (tertiary/aromatic N) is 2. The molecule has 2 amide bonds. The number of carbonyl (C=O) groups excluding carboxylic acids is 2. The van der Waals surface area contributed by atoms with E-state index in [9.17, 15) is 9.59 Å². The smallest absolute Gasteiger partial charge is 0.415 e. The molecule has 3 rings (SSSR count). The van der Waals surface area contributed by atoms with Crippen LogP contribution in [0.25, 0.3) is 10.6 Å². The molecular weight excluding hydrogens is 426 g/mol. The average Bonchev–Trinajstić information content (AvgIpc) is 3.21. The van der Waals surface area contributed by atoms with Crippen LogP contribution in [0.15, 0.2) is 54.6 Å². The minimum Gasteiger partial charge on any atom is -0.430 e. The van der Waals surface area contributed by atoms with Crippen LogP contribution in [-0.2, 0) is 16.1 Å². The van der Waals surface area contributed by atoms with Crippen molar-refractivity contribution >= 4 is 40.1 Å². The Kier molecular flexibility index (Phi) is 7.72. The fourth-order valence-corrected chi connectivity index (χ4v) is 3.45. The molecule has 8 nitrogen and oxygen atoms in total. The third-order valence-electron chi connectivity index (χ3n) is 4.03. The first-order valence-corrected chi connectivity index (χ1v) is 10.3. The quantitative estimate of drug-likeness (QED) is 0.457. The summed E-state index contributed by atoms with van der Waals surface area (Å²) in [4.78, 5) is 24.1. The lowest BCUT2D eigenvalue weighted by Gasteiger charge is -2.19. The van der Waals surface area contributed by atoms with Crippen LogP contribution in [0.3, 0.4) is 0 Å². The standard InChI is InChI=1S/C20H20ClN5O3S/c1-22-16(27)11-17(23-12-14-9-5-6-10-15(14)21)29-20(28)24-19-26-25-18(30-19)13-7-3-2-4-8-13/h2-10,17,23H,11-12H2,1H3,(H,22,27)(H,24,26,28). The molecule has 2 aromatic carbocycles. The van der Waals surface area contributed by atoms with Gasteiger partial charge in [0, 0.05) is 24.2 Å². The van der Waals surface area contributed by atoms with Gasteiger partial charge in [-0.1, -0.05) is 71.5 Å². The van der Waals surface area contributed by atoms with Gasteiger partial charge >= 0.3 is 6.09 Å². The van der Waals surface area contributed by atoms with E-state index in [1.54, 1.807) is 6.07 Å². The summed E-state index contributed by atoms with van der Waals surface area (Å²) in [6, 6.07) is 16.8. The lowest BCUT2D eigenvalue weighted by atomic mass is 10.2. The number of ether oxygens (including phenoxy) is 1. The van der Waals surface area contributed by atoms with Crippen molar-refractivity contribution < 1.29 is 14.3 Å². The number of rotatable bonds is 8. The minimum atomic E-state index is -0.859. The van der Waals surface area contributed by atoms with Crippen LogP contribution in [0.1, 0.15) is 12.0 Å². The molecule has 1 heterocycles. The summed E-state index contributed by atoms with van der Waals surface area (Å²) in [6.45, 7) is 0.325. The number of hydrogen-bond donors (Lipinski definition) is 3. The molecule has 0 radical (unpaired) electrons. The molecule has 0 saturated carbocycles. The van der Waals surface area contributed by atoms with Crippen LogP contribution in [-0.4, -0.2) is 35.5 Å². The van der Waals surface area contributed by atoms with Gasteiger partial charge in [0.2, 0.25) is 11.0 Å². The number of benzene rings is 2. The third-order valence-corrected chi connectivity index (χ3v) is 5.29. The van der Waals surface area contributed by atoms with Gasteiger partial charge in [-0.15, -0.1) is 10.2 Å². The summed E-state index contributed by atoms with van der Waals surface area (Å²) in [5.41, 5.74) is 1.72. The van der Waals surface area contributed by atoms with Crippen molar-refractivity contribution in [1.29, 1.82) is 0 Å². The zero-order valence-corrected chi connectivity index (χ0v) is 17.7. The van der Waals surface area contributed by atoms with Crippen LogP contribution in [0.5, 0.6) is 0 Å². The van der Waals surface area contributed by atoms with Gasteiger partial charge in [0.15, 0.2) is 6.23 Å². The second-order valence-electron chi connectivity index (χ2n) is 6.15. The Balaban J connectivity index is 1.60. The zero-order chi connectivity index (χ0) is 21.3. The normalized spacial score (nSPS) is 11.5. The molecule has 156 valence electrons. The van der Waals surface area contributed by atoms with Crippen molar-refractivity contribution in [3.8, 4) is 10.6 Å². The summed E-state index contributed by atoms with van der Waals surface area (Å²) >= 11 is 7.37. The van der Waals surface area contributed by atoms with Gasteiger partial charge in [0.05, 0.1) is 6.42 Å². The van der Waals surface area contributed by atoms with Gasteiger partial charge in [-0.05, 0) is 11.6 Å². The van der Waals surface area contributed by atoms with Crippen molar-refractivity contribution in [2.24, 2.45) is 0 Å². The summed E-state index contributed by atoms with van der Waals surface area (Å²) < 4.78 is 5.38. The van der Waals surface area contributed by atoms with Gasteiger partial charge in [-0.25, -0.2) is 4.79 Å². The number of halogens is 1. The molecule has 3 N–H and O–H groups in total. The van der Waals surface area contributed by atoms with E-state index in [0.29, 0.717) is 21.7 Å². The van der Waals surface area contributed by atoms with Crippen molar-refractivity contribution in [2.45, 2.75) is 19.2 Å². The van der Waals surface area contributed by atoms with Gasteiger partial charge < -0.3 is 10.1 Å². The van der Waals surface area contributed by atoms with Crippen molar-refractivity contribution in [3.05, 3.63) is 65.2 Å². The van der Waals surface area contributed by atoms with Crippen molar-refractivity contribution in [3.63, 3.8) is 0 Å². The highest BCUT2D eigenvalue weighted by Gasteiger charge is 2.19. The predicted octanol–water partition coefficient (Wildman–Crippen LogP) is 3.66. The molecule has 1 unspecified atom stereocenters. The Morgan fingerprint density at radius 2 is 1.83 bits per heavy atom. The summed E-state index contributed by atoms with van der Waals surface area (Å²) in [6.07, 6.45) is -1.66. The van der Waals surface area contributed by atoms with E-state index in [0.717, 1.165) is 11.1 Å². The number of hydrogen-bond acceptors (Lipinski definition) is 7. The zero-order valence-electron chi connectivity index (χ0n) is 16.1. The van der Waals surface area contributed by atoms with Gasteiger partial charge in [0.25, 0.3) is 0 Å². The number of carbonyl (C=O) groups is 2. The van der Waals surface area contributed by atoms with E-state index in [-0.39, 0.29) is 12.3 Å². The summed E-state index contributed by atoms with van der Waals surface area (Å²) in [5.74, 6) is -0.276. The largest absolute Gasteiger partial charge is 0.430 e. The van der Waals surface area contributed by atoms with Crippen molar-refractivity contribution in [2.75, 3.05) is 12.4 Å². The molecule has 0 saturated heterocycles. The maximum Gasteiger partial charge on any atom is 0.415 e. The summed E-state index contributed by atoms with van der Waals surface area (Å²) in [5, 5.41) is 17.7. The Morgan fingerprint density at radius 1 is 1.10 bits per heavy atom. The van der Waals surface area contributed by atoms with Crippen LogP contribution in [0, 0.1) is 0 Å². The molecule has 0 spiro atoms. The SMILES string of the molecule is CNC(=O)CC(NCc1ccccc1Cl)OC(=O)Nc1nnc(-c2ccccc2)s1. The molecule has 0 fully saturated rings. The van der Waals surface area contributed by atoms with Crippen LogP contribution in [0.2, 0.25) is 5.02 Å². The highest BCUT2D eigenvalue weighted by molar-refractivity contribution is 7.18. The first kappa shape index (κ1) is 21.7. The van der Waals surface area contributed by atoms with Crippen molar-refractivity contribution in [1.82, 2.24) is 20.8 Å². The molecule has 3 aromatic rings. The van der Waals surface area contributed by atoms with E-state index in [4.69, 9.17) is 16.3 Å². The number of aromatic nitrogens is 2. The molecular formula is C20H20ClN5O3S. The fourth-order valence-electron chi connectivity index (χ4n) is 2.51. The first-order chi connectivity index (χ1) is 14.5. The van der Waals surface area contributed by atoms with Crippen LogP contribution in [0.4, 0.5) is 9.93 Å².